The topological polar surface area (TPSA) is 26.3 Å². The summed E-state index contributed by atoms with van der Waals surface area (Å²) in [6.07, 6.45) is 0.789. The third kappa shape index (κ3) is 1.89. The quantitative estimate of drug-likeness (QED) is 0.739. The van der Waals surface area contributed by atoms with Gasteiger partial charge in [-0.2, -0.15) is 0 Å². The molecular formula is C13H16O2. The third-order valence-electron chi connectivity index (χ3n) is 2.72. The molecule has 1 unspecified atom stereocenters. The number of ketones is 1. The molecule has 2 nitrogen and oxygen atoms in total. The van der Waals surface area contributed by atoms with Crippen molar-refractivity contribution in [2.75, 3.05) is 0 Å². The van der Waals surface area contributed by atoms with Gasteiger partial charge in [-0.1, -0.05) is 13.0 Å². The van der Waals surface area contributed by atoms with Crippen LogP contribution in [0.3, 0.4) is 0 Å². The van der Waals surface area contributed by atoms with E-state index in [-0.39, 0.29) is 11.9 Å². The number of Topliss-reactive ketones (excluding diaryl/α,β-unsaturated/α-hetero) is 1. The van der Waals surface area contributed by atoms with E-state index in [9.17, 15) is 4.79 Å². The molecule has 0 spiro atoms. The molecular weight excluding hydrogens is 188 g/mol. The van der Waals surface area contributed by atoms with Crippen LogP contribution in [0.2, 0.25) is 0 Å². The molecule has 0 N–H and O–H groups in total. The molecule has 1 aliphatic rings. The number of rotatable bonds is 2. The first-order chi connectivity index (χ1) is 7.08. The van der Waals surface area contributed by atoms with Gasteiger partial charge in [0.05, 0.1) is 6.10 Å². The zero-order valence-corrected chi connectivity index (χ0v) is 9.41. The Hall–Kier alpha value is -1.31. The Balaban J connectivity index is 2.34. The molecule has 0 radical (unpaired) electrons. The van der Waals surface area contributed by atoms with Gasteiger partial charge in [0.2, 0.25) is 0 Å². The summed E-state index contributed by atoms with van der Waals surface area (Å²) in [4.78, 5) is 11.7. The van der Waals surface area contributed by atoms with Crippen molar-refractivity contribution < 1.29 is 9.53 Å². The molecule has 0 heterocycles. The molecule has 0 aromatic heterocycles. The largest absolute Gasteiger partial charge is 0.491 e. The third-order valence-corrected chi connectivity index (χ3v) is 2.72. The second kappa shape index (κ2) is 3.69. The minimum absolute atomic E-state index is 0.150. The van der Waals surface area contributed by atoms with Crippen molar-refractivity contribution in [3.8, 4) is 5.75 Å². The fourth-order valence-electron chi connectivity index (χ4n) is 2.05. The lowest BCUT2D eigenvalue weighted by Gasteiger charge is -2.11. The van der Waals surface area contributed by atoms with Gasteiger partial charge in [0, 0.05) is 12.0 Å². The number of benzene rings is 1. The molecule has 1 aliphatic carbocycles. The van der Waals surface area contributed by atoms with Crippen LogP contribution in [0.1, 0.15) is 49.0 Å². The minimum Gasteiger partial charge on any atom is -0.491 e. The second-order valence-electron chi connectivity index (χ2n) is 4.44. The summed E-state index contributed by atoms with van der Waals surface area (Å²) < 4.78 is 5.57. The minimum atomic E-state index is 0.150. The van der Waals surface area contributed by atoms with Crippen molar-refractivity contribution >= 4 is 5.78 Å². The maximum Gasteiger partial charge on any atom is 0.163 e. The first kappa shape index (κ1) is 10.2. The van der Waals surface area contributed by atoms with Gasteiger partial charge >= 0.3 is 0 Å². The number of hydrogen-bond acceptors (Lipinski definition) is 2. The number of hydrogen-bond donors (Lipinski definition) is 0. The summed E-state index contributed by atoms with van der Waals surface area (Å²) in [5, 5.41) is 0. The fraction of sp³-hybridized carbons (Fsp3) is 0.462. The molecule has 0 fully saturated rings. The summed E-state index contributed by atoms with van der Waals surface area (Å²) in [5.41, 5.74) is 2.01. The molecule has 0 aliphatic heterocycles. The van der Waals surface area contributed by atoms with Crippen LogP contribution < -0.4 is 4.74 Å². The maximum absolute atomic E-state index is 11.7. The first-order valence-corrected chi connectivity index (χ1v) is 5.41. The number of carbonyl (C=O) groups excluding carboxylic acids is 1. The van der Waals surface area contributed by atoms with Crippen LogP contribution in [0.25, 0.3) is 0 Å². The van der Waals surface area contributed by atoms with E-state index >= 15 is 0 Å². The van der Waals surface area contributed by atoms with Crippen LogP contribution in [0.15, 0.2) is 18.2 Å². The van der Waals surface area contributed by atoms with Crippen molar-refractivity contribution in [3.05, 3.63) is 29.3 Å². The molecule has 0 saturated heterocycles. The van der Waals surface area contributed by atoms with Crippen molar-refractivity contribution in [3.63, 3.8) is 0 Å². The lowest BCUT2D eigenvalue weighted by molar-refractivity contribution is 0.0989. The standard InChI is InChI=1S/C13H16O2/c1-8(2)15-10-4-5-11-9(3)6-13(14)12(11)7-10/h4-5,7-9H,6H2,1-3H3. The van der Waals surface area contributed by atoms with Crippen molar-refractivity contribution in [1.82, 2.24) is 0 Å². The highest BCUT2D eigenvalue weighted by molar-refractivity contribution is 6.01. The highest BCUT2D eigenvalue weighted by Gasteiger charge is 2.26. The van der Waals surface area contributed by atoms with Crippen molar-refractivity contribution in [2.24, 2.45) is 0 Å². The second-order valence-corrected chi connectivity index (χ2v) is 4.44. The monoisotopic (exact) mass is 204 g/mol. The number of fused-ring (bicyclic) bond motifs is 1. The normalized spacial score (nSPS) is 19.5. The van der Waals surface area contributed by atoms with Gasteiger partial charge < -0.3 is 4.74 Å². The van der Waals surface area contributed by atoms with Gasteiger partial charge in [-0.15, -0.1) is 0 Å². The van der Waals surface area contributed by atoms with E-state index in [4.69, 9.17) is 4.74 Å². The zero-order valence-electron chi connectivity index (χ0n) is 9.41. The van der Waals surface area contributed by atoms with Crippen LogP contribution in [0.5, 0.6) is 5.75 Å². The Labute approximate surface area is 90.3 Å². The Morgan fingerprint density at radius 2 is 2.13 bits per heavy atom. The molecule has 2 rings (SSSR count). The van der Waals surface area contributed by atoms with Gasteiger partial charge in [-0.25, -0.2) is 0 Å². The molecule has 2 heteroatoms. The van der Waals surface area contributed by atoms with Gasteiger partial charge in [-0.3, -0.25) is 4.79 Å². The van der Waals surface area contributed by atoms with E-state index in [1.54, 1.807) is 0 Å². The summed E-state index contributed by atoms with van der Waals surface area (Å²) in [5.74, 6) is 1.40. The maximum atomic E-state index is 11.7. The molecule has 80 valence electrons. The SMILES string of the molecule is CC(C)Oc1ccc2c(c1)C(=O)CC2C. The van der Waals surface area contributed by atoms with Crippen LogP contribution in [0, 0.1) is 0 Å². The lowest BCUT2D eigenvalue weighted by atomic mass is 10.0. The predicted molar refractivity (Wildman–Crippen MR) is 59.6 cm³/mol. The van der Waals surface area contributed by atoms with E-state index < -0.39 is 0 Å². The summed E-state index contributed by atoms with van der Waals surface area (Å²) >= 11 is 0. The van der Waals surface area contributed by atoms with Crippen LogP contribution in [-0.4, -0.2) is 11.9 Å². The number of carbonyl (C=O) groups is 1. The Morgan fingerprint density at radius 3 is 2.80 bits per heavy atom. The van der Waals surface area contributed by atoms with E-state index in [1.165, 1.54) is 0 Å². The van der Waals surface area contributed by atoms with Crippen LogP contribution >= 0.6 is 0 Å². The summed E-state index contributed by atoms with van der Waals surface area (Å²) in [6.45, 7) is 6.06. The van der Waals surface area contributed by atoms with Crippen LogP contribution in [0.4, 0.5) is 0 Å². The molecule has 0 saturated carbocycles. The van der Waals surface area contributed by atoms with E-state index in [2.05, 4.69) is 6.92 Å². The summed E-state index contributed by atoms with van der Waals surface area (Å²) in [6, 6.07) is 5.84. The highest BCUT2D eigenvalue weighted by Crippen LogP contribution is 2.34. The smallest absolute Gasteiger partial charge is 0.163 e. The number of ether oxygens (including phenoxy) is 1. The first-order valence-electron chi connectivity index (χ1n) is 5.41. The van der Waals surface area contributed by atoms with Crippen molar-refractivity contribution in [2.45, 2.75) is 39.2 Å². The van der Waals surface area contributed by atoms with E-state index in [0.29, 0.717) is 12.3 Å². The molecule has 15 heavy (non-hydrogen) atoms. The lowest BCUT2D eigenvalue weighted by Crippen LogP contribution is -2.06. The van der Waals surface area contributed by atoms with Crippen LogP contribution in [-0.2, 0) is 0 Å². The highest BCUT2D eigenvalue weighted by atomic mass is 16.5. The van der Waals surface area contributed by atoms with E-state index in [0.717, 1.165) is 16.9 Å². The van der Waals surface area contributed by atoms with Gasteiger partial charge in [0.25, 0.3) is 0 Å². The van der Waals surface area contributed by atoms with E-state index in [1.807, 2.05) is 32.0 Å². The Kier molecular flexibility index (Phi) is 2.51. The molecule has 1 atom stereocenters. The predicted octanol–water partition coefficient (Wildman–Crippen LogP) is 3.16. The van der Waals surface area contributed by atoms with Gasteiger partial charge in [0.1, 0.15) is 5.75 Å². The average molecular weight is 204 g/mol. The summed E-state index contributed by atoms with van der Waals surface area (Å²) in [7, 11) is 0. The van der Waals surface area contributed by atoms with Gasteiger partial charge in [0.15, 0.2) is 5.78 Å². The zero-order chi connectivity index (χ0) is 11.0. The Bertz CT molecular complexity index is 394. The fourth-order valence-corrected chi connectivity index (χ4v) is 2.05. The van der Waals surface area contributed by atoms with Crippen molar-refractivity contribution in [1.29, 1.82) is 0 Å². The molecule has 0 bridgehead atoms. The molecule has 1 aromatic rings. The Morgan fingerprint density at radius 1 is 1.40 bits per heavy atom. The molecule has 0 amide bonds. The van der Waals surface area contributed by atoms with Gasteiger partial charge in [-0.05, 0) is 37.5 Å². The molecule has 1 aromatic carbocycles. The average Bonchev–Trinajstić information content (AvgIpc) is 2.41.